The Morgan fingerprint density at radius 1 is 1.16 bits per heavy atom. The van der Waals surface area contributed by atoms with Crippen LogP contribution in [-0.4, -0.2) is 0 Å². The molecular weight excluding hydrogens is 244 g/mol. The highest BCUT2D eigenvalue weighted by molar-refractivity contribution is 5.82. The average molecular weight is 255 g/mol. The topological polar surface area (TPSA) is 23.8 Å². The summed E-state index contributed by atoms with van der Waals surface area (Å²) in [4.78, 5) is 0. The summed E-state index contributed by atoms with van der Waals surface area (Å²) in [5.74, 6) is -0.742. The van der Waals surface area contributed by atoms with Gasteiger partial charge in [-0.05, 0) is 47.4 Å². The third kappa shape index (κ3) is 2.69. The van der Waals surface area contributed by atoms with E-state index in [-0.39, 0.29) is 5.82 Å². The van der Waals surface area contributed by atoms with E-state index in [1.807, 2.05) is 6.07 Å². The molecule has 0 heterocycles. The number of halogens is 2. The summed E-state index contributed by atoms with van der Waals surface area (Å²) in [5.41, 5.74) is 2.09. The first-order chi connectivity index (χ1) is 9.13. The van der Waals surface area contributed by atoms with Gasteiger partial charge in [-0.2, -0.15) is 5.26 Å². The van der Waals surface area contributed by atoms with Gasteiger partial charge in [0.1, 0.15) is 11.6 Å². The first-order valence-corrected chi connectivity index (χ1v) is 5.74. The lowest BCUT2D eigenvalue weighted by Crippen LogP contribution is -1.95. The fourth-order valence-electron chi connectivity index (χ4n) is 1.94. The molecule has 0 fully saturated rings. The monoisotopic (exact) mass is 255 g/mol. The van der Waals surface area contributed by atoms with E-state index in [2.05, 4.69) is 0 Å². The minimum Gasteiger partial charge on any atom is -0.207 e. The maximum Gasteiger partial charge on any atom is 0.126 e. The average Bonchev–Trinajstić information content (AvgIpc) is 2.40. The third-order valence-corrected chi connectivity index (χ3v) is 2.90. The Kier molecular flexibility index (Phi) is 3.72. The summed E-state index contributed by atoms with van der Waals surface area (Å²) in [5, 5.41) is 8.87. The van der Waals surface area contributed by atoms with Gasteiger partial charge in [-0.1, -0.05) is 24.3 Å². The molecule has 0 aromatic heterocycles. The molecule has 0 N–H and O–H groups in total. The van der Waals surface area contributed by atoms with Crippen LogP contribution in [0.1, 0.15) is 16.7 Å². The molecule has 2 rings (SSSR count). The minimum atomic E-state index is -0.393. The van der Waals surface area contributed by atoms with Crippen molar-refractivity contribution in [3.8, 4) is 6.07 Å². The molecule has 0 aliphatic rings. The second-order valence-electron chi connectivity index (χ2n) is 4.11. The number of nitrogens with zero attached hydrogens (tertiary/aromatic N) is 1. The molecule has 19 heavy (non-hydrogen) atoms. The molecule has 0 amide bonds. The number of nitriles is 1. The summed E-state index contributed by atoms with van der Waals surface area (Å²) in [7, 11) is 0. The van der Waals surface area contributed by atoms with E-state index in [0.717, 1.165) is 0 Å². The number of hydrogen-bond acceptors (Lipinski definition) is 1. The standard InChI is InChI=1S/C16H11F2N/c1-11-14(6-3-7-16(11)18)15(8-9-19)12-4-2-5-13(17)10-12/h2-8,10H,1H3/b15-8-. The fraction of sp³-hybridized carbons (Fsp3) is 0.0625. The van der Waals surface area contributed by atoms with E-state index in [9.17, 15) is 8.78 Å². The molecule has 0 saturated carbocycles. The van der Waals surface area contributed by atoms with Crippen LogP contribution in [0.4, 0.5) is 8.78 Å². The lowest BCUT2D eigenvalue weighted by Gasteiger charge is -2.11. The summed E-state index contributed by atoms with van der Waals surface area (Å²) in [6, 6.07) is 12.5. The lowest BCUT2D eigenvalue weighted by atomic mass is 9.94. The van der Waals surface area contributed by atoms with E-state index in [0.29, 0.717) is 22.3 Å². The molecule has 0 radical (unpaired) electrons. The first kappa shape index (κ1) is 13.0. The molecule has 0 spiro atoms. The van der Waals surface area contributed by atoms with Crippen molar-refractivity contribution in [3.05, 3.63) is 76.9 Å². The van der Waals surface area contributed by atoms with Crippen molar-refractivity contribution in [3.63, 3.8) is 0 Å². The molecule has 0 aliphatic heterocycles. The highest BCUT2D eigenvalue weighted by Crippen LogP contribution is 2.27. The van der Waals surface area contributed by atoms with E-state index in [4.69, 9.17) is 5.26 Å². The molecule has 2 aromatic carbocycles. The zero-order valence-electron chi connectivity index (χ0n) is 10.3. The molecule has 3 heteroatoms. The number of hydrogen-bond donors (Lipinski definition) is 0. The maximum atomic E-state index is 13.6. The molecule has 1 nitrogen and oxygen atoms in total. The second kappa shape index (κ2) is 5.45. The minimum absolute atomic E-state index is 0.349. The zero-order valence-corrected chi connectivity index (χ0v) is 10.3. The van der Waals surface area contributed by atoms with Gasteiger partial charge in [-0.15, -0.1) is 0 Å². The highest BCUT2D eigenvalue weighted by Gasteiger charge is 2.11. The molecule has 2 aromatic rings. The first-order valence-electron chi connectivity index (χ1n) is 5.74. The van der Waals surface area contributed by atoms with Gasteiger partial charge in [0.05, 0.1) is 6.07 Å². The van der Waals surface area contributed by atoms with Crippen LogP contribution in [0.3, 0.4) is 0 Å². The quantitative estimate of drug-likeness (QED) is 0.737. The van der Waals surface area contributed by atoms with Crippen LogP contribution in [0.2, 0.25) is 0 Å². The van der Waals surface area contributed by atoms with E-state index in [1.54, 1.807) is 31.2 Å². The Morgan fingerprint density at radius 2 is 1.89 bits per heavy atom. The van der Waals surface area contributed by atoms with Crippen LogP contribution in [0, 0.1) is 29.9 Å². The second-order valence-corrected chi connectivity index (χ2v) is 4.11. The van der Waals surface area contributed by atoms with Gasteiger partial charge in [-0.3, -0.25) is 0 Å². The van der Waals surface area contributed by atoms with Crippen molar-refractivity contribution in [2.75, 3.05) is 0 Å². The van der Waals surface area contributed by atoms with Crippen molar-refractivity contribution in [1.29, 1.82) is 5.26 Å². The number of allylic oxidation sites excluding steroid dienone is 1. The van der Waals surface area contributed by atoms with Crippen LogP contribution >= 0.6 is 0 Å². The lowest BCUT2D eigenvalue weighted by molar-refractivity contribution is 0.618. The van der Waals surface area contributed by atoms with Gasteiger partial charge in [0, 0.05) is 6.08 Å². The van der Waals surface area contributed by atoms with Gasteiger partial charge >= 0.3 is 0 Å². The SMILES string of the molecule is Cc1c(F)cccc1/C(=C\C#N)c1cccc(F)c1. The van der Waals surface area contributed by atoms with Crippen LogP contribution in [0.25, 0.3) is 5.57 Å². The van der Waals surface area contributed by atoms with E-state index in [1.165, 1.54) is 24.3 Å². The van der Waals surface area contributed by atoms with Gasteiger partial charge in [0.2, 0.25) is 0 Å². The van der Waals surface area contributed by atoms with Crippen LogP contribution in [0.15, 0.2) is 48.5 Å². The fourth-order valence-corrected chi connectivity index (χ4v) is 1.94. The van der Waals surface area contributed by atoms with Crippen LogP contribution in [0.5, 0.6) is 0 Å². The number of benzene rings is 2. The van der Waals surface area contributed by atoms with Crippen LogP contribution in [-0.2, 0) is 0 Å². The van der Waals surface area contributed by atoms with Gasteiger partial charge in [-0.25, -0.2) is 8.78 Å². The van der Waals surface area contributed by atoms with Crippen molar-refractivity contribution >= 4 is 5.57 Å². The Hall–Kier alpha value is -2.47. The largest absolute Gasteiger partial charge is 0.207 e. The molecular formula is C16H11F2N. The van der Waals surface area contributed by atoms with E-state index < -0.39 is 5.82 Å². The predicted molar refractivity (Wildman–Crippen MR) is 70.2 cm³/mol. The smallest absolute Gasteiger partial charge is 0.126 e. The highest BCUT2D eigenvalue weighted by atomic mass is 19.1. The maximum absolute atomic E-state index is 13.6. The van der Waals surface area contributed by atoms with Crippen molar-refractivity contribution in [2.45, 2.75) is 6.92 Å². The summed E-state index contributed by atoms with van der Waals surface area (Å²) in [6.45, 7) is 1.63. The molecule has 0 unspecified atom stereocenters. The van der Waals surface area contributed by atoms with E-state index >= 15 is 0 Å². The zero-order chi connectivity index (χ0) is 13.8. The molecule has 0 saturated heterocycles. The molecule has 0 atom stereocenters. The molecule has 94 valence electrons. The van der Waals surface area contributed by atoms with Gasteiger partial charge in [0.15, 0.2) is 0 Å². The Balaban J connectivity index is 2.63. The summed E-state index contributed by atoms with van der Waals surface area (Å²) < 4.78 is 26.9. The van der Waals surface area contributed by atoms with Gasteiger partial charge < -0.3 is 0 Å². The Morgan fingerprint density at radius 3 is 2.58 bits per heavy atom. The summed E-state index contributed by atoms with van der Waals surface area (Å²) in [6.07, 6.45) is 1.30. The molecule has 0 aliphatic carbocycles. The Labute approximate surface area is 110 Å². The third-order valence-electron chi connectivity index (χ3n) is 2.90. The Bertz CT molecular complexity index is 681. The normalized spacial score (nSPS) is 11.2. The summed E-state index contributed by atoms with van der Waals surface area (Å²) >= 11 is 0. The predicted octanol–water partition coefficient (Wildman–Crippen LogP) is 4.23. The number of rotatable bonds is 2. The van der Waals surface area contributed by atoms with Crippen molar-refractivity contribution < 1.29 is 8.78 Å². The van der Waals surface area contributed by atoms with Crippen LogP contribution < -0.4 is 0 Å². The van der Waals surface area contributed by atoms with Crippen molar-refractivity contribution in [1.82, 2.24) is 0 Å². The molecule has 0 bridgehead atoms. The van der Waals surface area contributed by atoms with Crippen molar-refractivity contribution in [2.24, 2.45) is 0 Å². The van der Waals surface area contributed by atoms with Gasteiger partial charge in [0.25, 0.3) is 0 Å².